The predicted molar refractivity (Wildman–Crippen MR) is 245 cm³/mol. The van der Waals surface area contributed by atoms with Crippen LogP contribution in [0.3, 0.4) is 0 Å². The Morgan fingerprint density at radius 1 is 0.293 bits per heavy atom. The van der Waals surface area contributed by atoms with Gasteiger partial charge in [0.2, 0.25) is 0 Å². The van der Waals surface area contributed by atoms with Gasteiger partial charge >= 0.3 is 0 Å². The molecule has 0 amide bonds. The Bertz CT molecular complexity index is 3270. The second kappa shape index (κ2) is 14.1. The van der Waals surface area contributed by atoms with Gasteiger partial charge in [-0.3, -0.25) is 0 Å². The Morgan fingerprint density at radius 3 is 1.64 bits per heavy atom. The molecule has 0 fully saturated rings. The molecule has 58 heavy (non-hydrogen) atoms. The van der Waals surface area contributed by atoms with Crippen LogP contribution in [-0.4, -0.2) is 0 Å². The summed E-state index contributed by atoms with van der Waals surface area (Å²) in [6, 6.07) is 80.7. The van der Waals surface area contributed by atoms with E-state index in [1.807, 2.05) is 0 Å². The molecule has 0 saturated heterocycles. The highest BCUT2D eigenvalue weighted by Gasteiger charge is 2.23. The van der Waals surface area contributed by atoms with Crippen LogP contribution in [-0.2, 0) is 0 Å². The topological polar surface area (TPSA) is 16.4 Å². The highest BCUT2D eigenvalue weighted by Crippen LogP contribution is 2.48. The van der Waals surface area contributed by atoms with Gasteiger partial charge in [-0.05, 0) is 109 Å². The first-order valence-corrected chi connectivity index (χ1v) is 19.8. The van der Waals surface area contributed by atoms with Crippen molar-refractivity contribution in [3.63, 3.8) is 0 Å². The monoisotopic (exact) mass is 739 g/mol. The Hall–Kier alpha value is -7.68. The summed E-state index contributed by atoms with van der Waals surface area (Å²) in [4.78, 5) is 2.40. The van der Waals surface area contributed by atoms with E-state index in [-0.39, 0.29) is 0 Å². The third kappa shape index (κ3) is 5.91. The van der Waals surface area contributed by atoms with E-state index in [1.165, 1.54) is 49.4 Å². The molecule has 2 nitrogen and oxygen atoms in total. The van der Waals surface area contributed by atoms with Crippen molar-refractivity contribution in [3.05, 3.63) is 224 Å². The maximum Gasteiger partial charge on any atom is 0.137 e. The number of fused-ring (bicyclic) bond motifs is 5. The molecule has 10 aromatic carbocycles. The molecule has 0 radical (unpaired) electrons. The molecule has 0 aliphatic carbocycles. The lowest BCUT2D eigenvalue weighted by molar-refractivity contribution is 0.669. The van der Waals surface area contributed by atoms with E-state index in [0.717, 1.165) is 55.7 Å². The van der Waals surface area contributed by atoms with Crippen molar-refractivity contribution in [3.8, 4) is 44.5 Å². The van der Waals surface area contributed by atoms with Crippen molar-refractivity contribution < 1.29 is 4.42 Å². The van der Waals surface area contributed by atoms with Crippen LogP contribution in [0.5, 0.6) is 0 Å². The van der Waals surface area contributed by atoms with Gasteiger partial charge in [0.05, 0.1) is 5.69 Å². The molecule has 0 saturated carbocycles. The summed E-state index contributed by atoms with van der Waals surface area (Å²) in [6.45, 7) is 0. The first-order chi connectivity index (χ1) is 28.7. The van der Waals surface area contributed by atoms with Gasteiger partial charge in [0, 0.05) is 33.8 Å². The number of hydrogen-bond acceptors (Lipinski definition) is 2. The molecule has 11 aromatic rings. The molecular formula is C56H37NO. The van der Waals surface area contributed by atoms with Crippen molar-refractivity contribution in [2.24, 2.45) is 0 Å². The SMILES string of the molecule is c1ccc(-c2ccc(N(c3ccc4c(c3)oc3cc(-c5ccccc5)ccc34)c3cccc(-c4cccc5ccccc45)c3-c3ccc4ccccc4c3)cc2)cc1. The molecule has 2 heteroatoms. The third-order valence-electron chi connectivity index (χ3n) is 11.5. The second-order valence-electron chi connectivity index (χ2n) is 14.9. The molecule has 0 aliphatic heterocycles. The molecular weight excluding hydrogens is 703 g/mol. The summed E-state index contributed by atoms with van der Waals surface area (Å²) in [5.41, 5.74) is 14.2. The Labute approximate surface area is 337 Å². The minimum atomic E-state index is 0.848. The quantitative estimate of drug-likeness (QED) is 0.162. The fraction of sp³-hybridized carbons (Fsp3) is 0. The van der Waals surface area contributed by atoms with E-state index in [9.17, 15) is 0 Å². The summed E-state index contributed by atoms with van der Waals surface area (Å²) in [7, 11) is 0. The first kappa shape index (κ1) is 33.6. The van der Waals surface area contributed by atoms with Gasteiger partial charge in [-0.1, -0.05) is 170 Å². The van der Waals surface area contributed by atoms with Crippen LogP contribution in [0.1, 0.15) is 0 Å². The summed E-state index contributed by atoms with van der Waals surface area (Å²) in [6.07, 6.45) is 0. The number of anilines is 3. The van der Waals surface area contributed by atoms with Gasteiger partial charge in [-0.25, -0.2) is 0 Å². The predicted octanol–water partition coefficient (Wildman–Crippen LogP) is 16.0. The number of furan rings is 1. The van der Waals surface area contributed by atoms with Gasteiger partial charge in [-0.2, -0.15) is 0 Å². The van der Waals surface area contributed by atoms with Gasteiger partial charge < -0.3 is 9.32 Å². The Morgan fingerprint density at radius 2 is 0.845 bits per heavy atom. The average molecular weight is 740 g/mol. The lowest BCUT2D eigenvalue weighted by Gasteiger charge is -2.29. The lowest BCUT2D eigenvalue weighted by atomic mass is 9.89. The number of nitrogens with zero attached hydrogens (tertiary/aromatic N) is 1. The lowest BCUT2D eigenvalue weighted by Crippen LogP contribution is -2.11. The number of benzene rings is 10. The van der Waals surface area contributed by atoms with E-state index in [2.05, 4.69) is 229 Å². The molecule has 1 aromatic heterocycles. The van der Waals surface area contributed by atoms with Crippen molar-refractivity contribution in [1.29, 1.82) is 0 Å². The van der Waals surface area contributed by atoms with Crippen molar-refractivity contribution in [2.45, 2.75) is 0 Å². The van der Waals surface area contributed by atoms with Gasteiger partial charge in [-0.15, -0.1) is 0 Å². The third-order valence-corrected chi connectivity index (χ3v) is 11.5. The molecule has 0 unspecified atom stereocenters. The Kier molecular flexibility index (Phi) is 8.19. The zero-order valence-corrected chi connectivity index (χ0v) is 31.7. The van der Waals surface area contributed by atoms with Crippen molar-refractivity contribution >= 4 is 60.5 Å². The van der Waals surface area contributed by atoms with Crippen LogP contribution < -0.4 is 4.90 Å². The van der Waals surface area contributed by atoms with Crippen LogP contribution in [0, 0.1) is 0 Å². The zero-order valence-electron chi connectivity index (χ0n) is 31.7. The normalized spacial score (nSPS) is 11.4. The first-order valence-electron chi connectivity index (χ1n) is 19.8. The van der Waals surface area contributed by atoms with E-state index < -0.39 is 0 Å². The van der Waals surface area contributed by atoms with Crippen LogP contribution in [0.25, 0.3) is 88.0 Å². The van der Waals surface area contributed by atoms with Crippen LogP contribution in [0.15, 0.2) is 229 Å². The minimum Gasteiger partial charge on any atom is -0.456 e. The van der Waals surface area contributed by atoms with Crippen molar-refractivity contribution in [2.75, 3.05) is 4.90 Å². The van der Waals surface area contributed by atoms with Crippen LogP contribution >= 0.6 is 0 Å². The van der Waals surface area contributed by atoms with E-state index >= 15 is 0 Å². The van der Waals surface area contributed by atoms with Crippen molar-refractivity contribution in [1.82, 2.24) is 0 Å². The second-order valence-corrected chi connectivity index (χ2v) is 14.9. The number of hydrogen-bond donors (Lipinski definition) is 0. The largest absolute Gasteiger partial charge is 0.456 e. The highest BCUT2D eigenvalue weighted by molar-refractivity contribution is 6.09. The molecule has 11 rings (SSSR count). The molecule has 0 bridgehead atoms. The maximum absolute atomic E-state index is 6.73. The molecule has 0 aliphatic rings. The zero-order chi connectivity index (χ0) is 38.4. The Balaban J connectivity index is 1.16. The summed E-state index contributed by atoms with van der Waals surface area (Å²) < 4.78 is 6.73. The van der Waals surface area contributed by atoms with E-state index in [4.69, 9.17) is 4.42 Å². The summed E-state index contributed by atoms with van der Waals surface area (Å²) in [5, 5.41) is 7.06. The summed E-state index contributed by atoms with van der Waals surface area (Å²) in [5.74, 6) is 0. The van der Waals surface area contributed by atoms with Gasteiger partial charge in [0.1, 0.15) is 11.2 Å². The maximum atomic E-state index is 6.73. The number of rotatable bonds is 7. The van der Waals surface area contributed by atoms with Gasteiger partial charge in [0.15, 0.2) is 0 Å². The average Bonchev–Trinajstić information content (AvgIpc) is 3.67. The molecule has 1 heterocycles. The summed E-state index contributed by atoms with van der Waals surface area (Å²) >= 11 is 0. The fourth-order valence-electron chi connectivity index (χ4n) is 8.64. The van der Waals surface area contributed by atoms with Crippen LogP contribution in [0.2, 0.25) is 0 Å². The smallest absolute Gasteiger partial charge is 0.137 e. The standard InChI is InChI=1S/C56H37NO/c1-3-13-38(14-4-1)41-27-30-46(31-28-41)57(47-32-34-51-50-33-29-44(39-15-5-2-6-16-39)36-54(50)58-55(51)37-47)53-24-12-23-52(49-22-11-20-42-18-9-10-21-48(42)49)56(53)45-26-25-40-17-7-8-19-43(40)35-45/h1-37H. The van der Waals surface area contributed by atoms with Gasteiger partial charge in [0.25, 0.3) is 0 Å². The van der Waals surface area contributed by atoms with E-state index in [1.54, 1.807) is 0 Å². The highest BCUT2D eigenvalue weighted by atomic mass is 16.3. The molecule has 272 valence electrons. The van der Waals surface area contributed by atoms with E-state index in [0.29, 0.717) is 0 Å². The van der Waals surface area contributed by atoms with Crippen LogP contribution in [0.4, 0.5) is 17.1 Å². The molecule has 0 spiro atoms. The minimum absolute atomic E-state index is 0.848. The fourth-order valence-corrected chi connectivity index (χ4v) is 8.64. The molecule has 0 N–H and O–H groups in total. The molecule has 0 atom stereocenters.